The molecule has 2 aromatic rings. The Kier molecular flexibility index (Phi) is 3.36. The van der Waals surface area contributed by atoms with Crippen LogP contribution >= 0.6 is 0 Å². The highest BCUT2D eigenvalue weighted by Crippen LogP contribution is 2.64. The summed E-state index contributed by atoms with van der Waals surface area (Å²) in [6.07, 6.45) is 11.4. The first-order chi connectivity index (χ1) is 12.6. The van der Waals surface area contributed by atoms with Crippen LogP contribution in [-0.4, -0.2) is 11.2 Å². The Morgan fingerprint density at radius 1 is 0.885 bits per heavy atom. The minimum absolute atomic E-state index is 0.0228. The van der Waals surface area contributed by atoms with E-state index >= 15 is 0 Å². The zero-order valence-electron chi connectivity index (χ0n) is 15.5. The predicted octanol–water partition coefficient (Wildman–Crippen LogP) is 5.63. The number of rotatable bonds is 4. The van der Waals surface area contributed by atoms with Gasteiger partial charge < -0.3 is 4.74 Å². The number of benzene rings is 2. The van der Waals surface area contributed by atoms with Gasteiger partial charge in [0.25, 0.3) is 0 Å². The number of allylic oxidation sites excluding steroid dienone is 2. The van der Waals surface area contributed by atoms with Crippen LogP contribution in [0.4, 0.5) is 0 Å². The molecule has 5 rings (SSSR count). The lowest BCUT2D eigenvalue weighted by molar-refractivity contribution is 0.297. The third-order valence-corrected chi connectivity index (χ3v) is 6.84. The fraction of sp³-hybridized carbons (Fsp3) is 0.320. The van der Waals surface area contributed by atoms with Gasteiger partial charge in [-0.05, 0) is 49.0 Å². The Balaban J connectivity index is 1.46. The zero-order chi connectivity index (χ0) is 17.8. The van der Waals surface area contributed by atoms with E-state index < -0.39 is 0 Å². The molecule has 26 heavy (non-hydrogen) atoms. The number of epoxide rings is 1. The molecule has 2 aliphatic carbocycles. The molecule has 2 unspecified atom stereocenters. The predicted molar refractivity (Wildman–Crippen MR) is 106 cm³/mol. The van der Waals surface area contributed by atoms with Gasteiger partial charge in [-0.15, -0.1) is 0 Å². The van der Waals surface area contributed by atoms with E-state index in [0.717, 1.165) is 6.42 Å². The monoisotopic (exact) mass is 341 g/mol. The quantitative estimate of drug-likeness (QED) is 0.657. The van der Waals surface area contributed by atoms with Gasteiger partial charge in [-0.2, -0.15) is 0 Å². The van der Waals surface area contributed by atoms with Crippen LogP contribution in [0.2, 0.25) is 0 Å². The van der Waals surface area contributed by atoms with Gasteiger partial charge in [0, 0.05) is 11.3 Å². The van der Waals surface area contributed by atoms with Crippen molar-refractivity contribution in [2.45, 2.75) is 43.3 Å². The summed E-state index contributed by atoms with van der Waals surface area (Å²) in [5, 5.41) is 0. The van der Waals surface area contributed by atoms with Crippen LogP contribution in [-0.2, 0) is 10.2 Å². The summed E-state index contributed by atoms with van der Waals surface area (Å²) in [6.45, 7) is 4.41. The molecule has 1 saturated heterocycles. The summed E-state index contributed by atoms with van der Waals surface area (Å²) in [6, 6.07) is 22.0. The maximum atomic E-state index is 6.06. The summed E-state index contributed by atoms with van der Waals surface area (Å²) in [4.78, 5) is 0. The Hall–Kier alpha value is -2.12. The molecule has 2 aromatic carbocycles. The second kappa shape index (κ2) is 5.44. The summed E-state index contributed by atoms with van der Waals surface area (Å²) >= 11 is 0. The van der Waals surface area contributed by atoms with Crippen molar-refractivity contribution in [2.75, 3.05) is 0 Å². The molecule has 3 aliphatic rings. The first-order valence-corrected chi connectivity index (χ1v) is 9.70. The molecule has 1 heteroatoms. The number of hydrogen-bond donors (Lipinski definition) is 0. The van der Waals surface area contributed by atoms with Crippen LogP contribution < -0.4 is 0 Å². The van der Waals surface area contributed by atoms with Crippen LogP contribution in [0, 0.1) is 11.8 Å². The van der Waals surface area contributed by atoms with Crippen molar-refractivity contribution < 1.29 is 4.74 Å². The molecule has 1 heterocycles. The maximum Gasteiger partial charge on any atom is 0.134 e. The Morgan fingerprint density at radius 3 is 1.88 bits per heavy atom. The summed E-state index contributed by atoms with van der Waals surface area (Å²) in [7, 11) is 0. The molecule has 2 atom stereocenters. The van der Waals surface area contributed by atoms with Gasteiger partial charge in [-0.1, -0.05) is 79.7 Å². The molecule has 1 saturated carbocycles. The van der Waals surface area contributed by atoms with Gasteiger partial charge >= 0.3 is 0 Å². The highest BCUT2D eigenvalue weighted by Gasteiger charge is 2.64. The van der Waals surface area contributed by atoms with Gasteiger partial charge in [0.1, 0.15) is 11.2 Å². The van der Waals surface area contributed by atoms with E-state index in [1.165, 1.54) is 23.5 Å². The van der Waals surface area contributed by atoms with Crippen molar-refractivity contribution in [1.82, 2.24) is 0 Å². The largest absolute Gasteiger partial charge is 0.354 e. The molecule has 0 bridgehead atoms. The first kappa shape index (κ1) is 16.1. The van der Waals surface area contributed by atoms with Gasteiger partial charge in [-0.25, -0.2) is 0 Å². The molecule has 1 radical (unpaired) electrons. The van der Waals surface area contributed by atoms with Crippen molar-refractivity contribution >= 4 is 0 Å². The fourth-order valence-corrected chi connectivity index (χ4v) is 4.84. The van der Waals surface area contributed by atoms with Crippen molar-refractivity contribution in [2.24, 2.45) is 5.92 Å². The summed E-state index contributed by atoms with van der Waals surface area (Å²) < 4.78 is 6.06. The Labute approximate surface area is 156 Å². The second-order valence-corrected chi connectivity index (χ2v) is 8.11. The number of hydrogen-bond acceptors (Lipinski definition) is 1. The van der Waals surface area contributed by atoms with E-state index in [1.807, 2.05) is 0 Å². The standard InChI is InChI=1S/C25H25O/c1-3-23(2)24(26-23)16-14-19(15-17-24)22-18-25(22,20-10-6-4-7-11-20)21-12-8-5-9-13-21/h4-17,22H,3,18H2,1-2H3. The first-order valence-electron chi connectivity index (χ1n) is 9.70. The molecule has 0 N–H and O–H groups in total. The third kappa shape index (κ3) is 2.13. The zero-order valence-corrected chi connectivity index (χ0v) is 15.5. The molecule has 1 nitrogen and oxygen atoms in total. The topological polar surface area (TPSA) is 12.5 Å². The van der Waals surface area contributed by atoms with E-state index in [0.29, 0.717) is 5.92 Å². The van der Waals surface area contributed by atoms with Crippen LogP contribution in [0.5, 0.6) is 0 Å². The molecule has 1 spiro atoms. The highest BCUT2D eigenvalue weighted by molar-refractivity contribution is 5.55. The van der Waals surface area contributed by atoms with E-state index in [4.69, 9.17) is 4.74 Å². The number of ether oxygens (including phenoxy) is 1. The second-order valence-electron chi connectivity index (χ2n) is 8.11. The third-order valence-electron chi connectivity index (χ3n) is 6.84. The van der Waals surface area contributed by atoms with E-state index in [-0.39, 0.29) is 16.6 Å². The molecule has 0 aromatic heterocycles. The lowest BCUT2D eigenvalue weighted by Crippen LogP contribution is -2.22. The molecular weight excluding hydrogens is 316 g/mol. The summed E-state index contributed by atoms with van der Waals surface area (Å²) in [5.41, 5.74) is 2.77. The van der Waals surface area contributed by atoms with Crippen molar-refractivity contribution in [3.05, 3.63) is 102 Å². The average molecular weight is 341 g/mol. The SMILES string of the molecule is CCC1(C)OC12C=C[C](C1CC1(c1ccccc1)c1ccccc1)C=C2. The molecule has 2 fully saturated rings. The molecular formula is C25H25O. The summed E-state index contributed by atoms with van der Waals surface area (Å²) in [5.74, 6) is 1.96. The van der Waals surface area contributed by atoms with Gasteiger partial charge in [0.15, 0.2) is 0 Å². The van der Waals surface area contributed by atoms with Crippen LogP contribution in [0.3, 0.4) is 0 Å². The minimum Gasteiger partial charge on any atom is -0.354 e. The lowest BCUT2D eigenvalue weighted by atomic mass is 9.79. The average Bonchev–Trinajstić information content (AvgIpc) is 3.59. The lowest BCUT2D eigenvalue weighted by Gasteiger charge is -2.23. The Bertz CT molecular complexity index is 810. The van der Waals surface area contributed by atoms with Crippen LogP contribution in [0.1, 0.15) is 37.8 Å². The van der Waals surface area contributed by atoms with E-state index in [1.54, 1.807) is 0 Å². The highest BCUT2D eigenvalue weighted by atomic mass is 16.6. The van der Waals surface area contributed by atoms with Gasteiger partial charge in [-0.3, -0.25) is 0 Å². The molecule has 0 amide bonds. The maximum absolute atomic E-state index is 6.06. The van der Waals surface area contributed by atoms with Crippen LogP contribution in [0.15, 0.2) is 85.0 Å². The smallest absolute Gasteiger partial charge is 0.134 e. The Morgan fingerprint density at radius 2 is 1.42 bits per heavy atom. The van der Waals surface area contributed by atoms with Gasteiger partial charge in [0.2, 0.25) is 0 Å². The minimum atomic E-state index is -0.164. The van der Waals surface area contributed by atoms with Crippen molar-refractivity contribution in [3.63, 3.8) is 0 Å². The van der Waals surface area contributed by atoms with Gasteiger partial charge in [0.05, 0.1) is 0 Å². The van der Waals surface area contributed by atoms with Crippen molar-refractivity contribution in [1.29, 1.82) is 0 Å². The van der Waals surface area contributed by atoms with Crippen molar-refractivity contribution in [3.8, 4) is 0 Å². The molecule has 1 aliphatic heterocycles. The normalized spacial score (nSPS) is 30.5. The molecule has 131 valence electrons. The fourth-order valence-electron chi connectivity index (χ4n) is 4.84. The van der Waals surface area contributed by atoms with E-state index in [2.05, 4.69) is 98.8 Å². The van der Waals surface area contributed by atoms with Crippen LogP contribution in [0.25, 0.3) is 0 Å². The van der Waals surface area contributed by atoms with E-state index in [9.17, 15) is 0 Å².